The highest BCUT2D eigenvalue weighted by atomic mass is 16.5. The van der Waals surface area contributed by atoms with Crippen molar-refractivity contribution in [1.82, 2.24) is 20.0 Å². The number of hydrogen-bond donors (Lipinski definition) is 1. The number of para-hydroxylation sites is 2. The molecule has 1 fully saturated rings. The molecule has 2 aromatic heterocycles. The van der Waals surface area contributed by atoms with Crippen LogP contribution in [0.5, 0.6) is 0 Å². The highest BCUT2D eigenvalue weighted by Gasteiger charge is 2.30. The van der Waals surface area contributed by atoms with E-state index in [0.717, 1.165) is 34.7 Å². The first-order valence-corrected chi connectivity index (χ1v) is 9.31. The average Bonchev–Trinajstić information content (AvgIpc) is 3.33. The molecule has 0 radical (unpaired) electrons. The molecule has 1 aromatic carbocycles. The fourth-order valence-corrected chi connectivity index (χ4v) is 3.70. The second-order valence-electron chi connectivity index (χ2n) is 7.16. The van der Waals surface area contributed by atoms with Gasteiger partial charge in [0.1, 0.15) is 11.6 Å². The molecule has 7 heteroatoms. The van der Waals surface area contributed by atoms with E-state index >= 15 is 0 Å². The summed E-state index contributed by atoms with van der Waals surface area (Å²) in [5.41, 5.74) is 2.89. The molecule has 1 saturated heterocycles. The first-order chi connectivity index (χ1) is 13.1. The Morgan fingerprint density at radius 1 is 1.30 bits per heavy atom. The number of nitrogens with one attached hydrogen (secondary N) is 1. The van der Waals surface area contributed by atoms with Crippen LogP contribution in [0.25, 0.3) is 11.0 Å². The monoisotopic (exact) mass is 368 g/mol. The fourth-order valence-electron chi connectivity index (χ4n) is 3.70. The minimum Gasteiger partial charge on any atom is -0.379 e. The topological polar surface area (TPSA) is 82.2 Å². The summed E-state index contributed by atoms with van der Waals surface area (Å²) < 4.78 is 13.0. The quantitative estimate of drug-likeness (QED) is 0.722. The van der Waals surface area contributed by atoms with Crippen molar-refractivity contribution in [1.29, 1.82) is 0 Å². The molecule has 1 aliphatic rings. The van der Waals surface area contributed by atoms with Gasteiger partial charge < -0.3 is 19.1 Å². The average molecular weight is 368 g/mol. The van der Waals surface area contributed by atoms with E-state index in [1.54, 1.807) is 0 Å². The number of benzene rings is 1. The number of carbonyl (C=O) groups is 1. The standard InChI is InChI=1S/C20H24N4O3/c1-13-9-16(27-23-13)10-15-11-26-12-18(15)22-20(25)7-8-24-14(2)21-17-5-3-4-6-19(17)24/h3-6,9,15,18H,7-8,10-12H2,1-2H3,(H,22,25)/t15-,18+/m1/s1. The Labute approximate surface area is 157 Å². The van der Waals surface area contributed by atoms with E-state index in [0.29, 0.717) is 26.2 Å². The molecule has 0 bridgehead atoms. The molecule has 1 aliphatic heterocycles. The van der Waals surface area contributed by atoms with Crippen molar-refractivity contribution >= 4 is 16.9 Å². The Balaban J connectivity index is 1.35. The van der Waals surface area contributed by atoms with Crippen LogP contribution in [0.2, 0.25) is 0 Å². The Kier molecular flexibility index (Phi) is 4.94. The molecule has 4 rings (SSSR count). The third kappa shape index (κ3) is 3.88. The molecular formula is C20H24N4O3. The van der Waals surface area contributed by atoms with E-state index in [1.165, 1.54) is 0 Å². The summed E-state index contributed by atoms with van der Waals surface area (Å²) in [6, 6.07) is 9.93. The predicted molar refractivity (Wildman–Crippen MR) is 100 cm³/mol. The van der Waals surface area contributed by atoms with Crippen LogP contribution in [-0.2, 0) is 22.5 Å². The number of fused-ring (bicyclic) bond motifs is 1. The van der Waals surface area contributed by atoms with Crippen molar-refractivity contribution < 1.29 is 14.1 Å². The fraction of sp³-hybridized carbons (Fsp3) is 0.450. The second kappa shape index (κ2) is 7.52. The van der Waals surface area contributed by atoms with Crippen LogP contribution in [0.4, 0.5) is 0 Å². The molecule has 27 heavy (non-hydrogen) atoms. The number of aromatic nitrogens is 3. The summed E-state index contributed by atoms with van der Waals surface area (Å²) in [7, 11) is 0. The number of imidazole rings is 1. The van der Waals surface area contributed by atoms with E-state index < -0.39 is 0 Å². The van der Waals surface area contributed by atoms with Gasteiger partial charge in [0.2, 0.25) is 5.91 Å². The Morgan fingerprint density at radius 2 is 2.15 bits per heavy atom. The smallest absolute Gasteiger partial charge is 0.222 e. The van der Waals surface area contributed by atoms with Crippen molar-refractivity contribution in [2.45, 2.75) is 39.3 Å². The van der Waals surface area contributed by atoms with Gasteiger partial charge in [-0.1, -0.05) is 17.3 Å². The van der Waals surface area contributed by atoms with Crippen LogP contribution in [0.1, 0.15) is 23.7 Å². The lowest BCUT2D eigenvalue weighted by molar-refractivity contribution is -0.122. The van der Waals surface area contributed by atoms with E-state index in [-0.39, 0.29) is 17.9 Å². The number of rotatable bonds is 6. The lowest BCUT2D eigenvalue weighted by Crippen LogP contribution is -2.40. The molecule has 2 atom stereocenters. The minimum absolute atomic E-state index is 0.00327. The normalized spacial score (nSPS) is 19.6. The zero-order valence-electron chi connectivity index (χ0n) is 15.6. The summed E-state index contributed by atoms with van der Waals surface area (Å²) in [5, 5.41) is 7.05. The van der Waals surface area contributed by atoms with Gasteiger partial charge in [-0.3, -0.25) is 4.79 Å². The summed E-state index contributed by atoms with van der Waals surface area (Å²) >= 11 is 0. The van der Waals surface area contributed by atoms with Crippen LogP contribution < -0.4 is 5.32 Å². The van der Waals surface area contributed by atoms with E-state index in [2.05, 4.69) is 20.0 Å². The van der Waals surface area contributed by atoms with E-state index in [1.807, 2.05) is 44.2 Å². The van der Waals surface area contributed by atoms with Crippen molar-refractivity contribution in [3.05, 3.63) is 47.6 Å². The largest absolute Gasteiger partial charge is 0.379 e. The van der Waals surface area contributed by atoms with Gasteiger partial charge >= 0.3 is 0 Å². The first kappa shape index (κ1) is 17.7. The number of amides is 1. The van der Waals surface area contributed by atoms with Crippen LogP contribution in [0, 0.1) is 19.8 Å². The number of aryl methyl sites for hydroxylation is 3. The van der Waals surface area contributed by atoms with Crippen molar-refractivity contribution in [3.63, 3.8) is 0 Å². The molecule has 0 aliphatic carbocycles. The van der Waals surface area contributed by atoms with Gasteiger partial charge in [0.05, 0.1) is 36.0 Å². The van der Waals surface area contributed by atoms with Gasteiger partial charge in [-0.2, -0.15) is 0 Å². The molecule has 0 saturated carbocycles. The summed E-state index contributed by atoms with van der Waals surface area (Å²) in [6.07, 6.45) is 1.13. The van der Waals surface area contributed by atoms with Gasteiger partial charge in [0, 0.05) is 31.4 Å². The van der Waals surface area contributed by atoms with Crippen molar-refractivity contribution in [3.8, 4) is 0 Å². The van der Waals surface area contributed by atoms with Gasteiger partial charge in [0.25, 0.3) is 0 Å². The van der Waals surface area contributed by atoms with E-state index in [9.17, 15) is 4.79 Å². The highest BCUT2D eigenvalue weighted by Crippen LogP contribution is 2.20. The molecule has 1 N–H and O–H groups in total. The zero-order valence-corrected chi connectivity index (χ0v) is 15.6. The van der Waals surface area contributed by atoms with Crippen molar-refractivity contribution in [2.24, 2.45) is 5.92 Å². The summed E-state index contributed by atoms with van der Waals surface area (Å²) in [6.45, 7) is 5.64. The highest BCUT2D eigenvalue weighted by molar-refractivity contribution is 5.78. The van der Waals surface area contributed by atoms with Crippen LogP contribution in [0.3, 0.4) is 0 Å². The molecule has 3 aromatic rings. The van der Waals surface area contributed by atoms with Gasteiger partial charge in [-0.05, 0) is 26.0 Å². The lowest BCUT2D eigenvalue weighted by Gasteiger charge is -2.18. The zero-order chi connectivity index (χ0) is 18.8. The third-order valence-corrected chi connectivity index (χ3v) is 5.09. The molecule has 3 heterocycles. The van der Waals surface area contributed by atoms with E-state index in [4.69, 9.17) is 9.26 Å². The maximum Gasteiger partial charge on any atom is 0.222 e. The molecule has 1 amide bonds. The number of ether oxygens (including phenoxy) is 1. The molecule has 0 spiro atoms. The van der Waals surface area contributed by atoms with Gasteiger partial charge in [-0.15, -0.1) is 0 Å². The number of carbonyl (C=O) groups excluding carboxylic acids is 1. The predicted octanol–water partition coefficient (Wildman–Crippen LogP) is 2.41. The molecule has 142 valence electrons. The first-order valence-electron chi connectivity index (χ1n) is 9.31. The molecule has 0 unspecified atom stereocenters. The summed E-state index contributed by atoms with van der Waals surface area (Å²) in [5.74, 6) is 1.99. The maximum absolute atomic E-state index is 12.5. The minimum atomic E-state index is 0.00327. The maximum atomic E-state index is 12.5. The van der Waals surface area contributed by atoms with Crippen molar-refractivity contribution in [2.75, 3.05) is 13.2 Å². The van der Waals surface area contributed by atoms with Crippen LogP contribution in [-0.4, -0.2) is 39.9 Å². The molecular weight excluding hydrogens is 344 g/mol. The van der Waals surface area contributed by atoms with Gasteiger partial charge in [0.15, 0.2) is 0 Å². The second-order valence-corrected chi connectivity index (χ2v) is 7.16. The molecule has 7 nitrogen and oxygen atoms in total. The summed E-state index contributed by atoms with van der Waals surface area (Å²) in [4.78, 5) is 17.1. The third-order valence-electron chi connectivity index (χ3n) is 5.09. The number of nitrogens with zero attached hydrogens (tertiary/aromatic N) is 3. The van der Waals surface area contributed by atoms with Gasteiger partial charge in [-0.25, -0.2) is 4.98 Å². The Bertz CT molecular complexity index is 946. The SMILES string of the molecule is Cc1cc(C[C@@H]2COC[C@@H]2NC(=O)CCn2c(C)nc3ccccc32)on1. The van der Waals surface area contributed by atoms with Crippen LogP contribution in [0.15, 0.2) is 34.9 Å². The number of hydrogen-bond acceptors (Lipinski definition) is 5. The Hall–Kier alpha value is -2.67. The lowest BCUT2D eigenvalue weighted by atomic mass is 9.98. The Morgan fingerprint density at radius 3 is 2.96 bits per heavy atom. The van der Waals surface area contributed by atoms with Crippen LogP contribution >= 0.6 is 0 Å².